The third-order valence-corrected chi connectivity index (χ3v) is 8.89. The minimum absolute atomic E-state index is 0.0592. The summed E-state index contributed by atoms with van der Waals surface area (Å²) in [6.07, 6.45) is 4.63. The Kier molecular flexibility index (Phi) is 5.94. The summed E-state index contributed by atoms with van der Waals surface area (Å²) in [4.78, 5) is 28.0. The van der Waals surface area contributed by atoms with Crippen molar-refractivity contribution in [2.24, 2.45) is 4.99 Å². The third-order valence-electron chi connectivity index (χ3n) is 8.89. The molecule has 1 atom stereocenters. The molecule has 4 aliphatic heterocycles. The van der Waals surface area contributed by atoms with Crippen molar-refractivity contribution in [1.82, 2.24) is 4.90 Å². The normalized spacial score (nSPS) is 21.3. The fourth-order valence-electron chi connectivity index (χ4n) is 6.43. The molecule has 1 spiro atoms. The van der Waals surface area contributed by atoms with E-state index in [1.165, 1.54) is 11.1 Å². The third kappa shape index (κ3) is 4.21. The molecule has 1 amide bonds. The molecule has 1 fully saturated rings. The fourth-order valence-corrected chi connectivity index (χ4v) is 6.43. The summed E-state index contributed by atoms with van der Waals surface area (Å²) in [6.45, 7) is 8.91. The van der Waals surface area contributed by atoms with Crippen LogP contribution in [0.2, 0.25) is 0 Å². The van der Waals surface area contributed by atoms with Crippen LogP contribution in [0.5, 0.6) is 5.75 Å². The van der Waals surface area contributed by atoms with Gasteiger partial charge in [0.05, 0.1) is 12.3 Å². The van der Waals surface area contributed by atoms with E-state index in [0.29, 0.717) is 12.1 Å². The largest absolute Gasteiger partial charge is 0.492 e. The summed E-state index contributed by atoms with van der Waals surface area (Å²) in [6, 6.07) is 20.6. The quantitative estimate of drug-likeness (QED) is 0.458. The van der Waals surface area contributed by atoms with E-state index in [1.807, 2.05) is 48.2 Å². The summed E-state index contributed by atoms with van der Waals surface area (Å²) >= 11 is 0. The van der Waals surface area contributed by atoms with Gasteiger partial charge in [0, 0.05) is 28.8 Å². The van der Waals surface area contributed by atoms with Crippen molar-refractivity contribution in [3.05, 3.63) is 77.4 Å². The Bertz CT molecular complexity index is 1430. The van der Waals surface area contributed by atoms with E-state index in [9.17, 15) is 4.79 Å². The summed E-state index contributed by atoms with van der Waals surface area (Å²) in [7, 11) is 0. The Balaban J connectivity index is 1.09. The highest BCUT2D eigenvalue weighted by Gasteiger charge is 2.44. The van der Waals surface area contributed by atoms with Crippen molar-refractivity contribution in [3.63, 3.8) is 0 Å². The van der Waals surface area contributed by atoms with Gasteiger partial charge in [0.25, 0.3) is 5.91 Å². The summed E-state index contributed by atoms with van der Waals surface area (Å²) in [5, 5.41) is 1.68. The number of ether oxygens (including phenoxy) is 1. The number of amides is 1. The number of piperidine rings is 1. The highest BCUT2D eigenvalue weighted by Crippen LogP contribution is 2.49. The molecule has 3 aromatic carbocycles. The first-order valence-electron chi connectivity index (χ1n) is 14.1. The molecular formula is C32H34N4O3. The number of benzene rings is 3. The number of hydrogen-bond acceptors (Lipinski definition) is 6. The van der Waals surface area contributed by atoms with Crippen LogP contribution in [-0.4, -0.2) is 56.2 Å². The summed E-state index contributed by atoms with van der Waals surface area (Å²) in [5.74, 6) is 1.09. The van der Waals surface area contributed by atoms with Crippen molar-refractivity contribution >= 4 is 23.6 Å². The number of nitrogens with zero attached hydrogens (tertiary/aromatic N) is 4. The average Bonchev–Trinajstić information content (AvgIpc) is 3.70. The number of rotatable bonds is 4. The van der Waals surface area contributed by atoms with E-state index in [1.54, 1.807) is 11.4 Å². The zero-order chi connectivity index (χ0) is 26.6. The molecule has 4 heterocycles. The van der Waals surface area contributed by atoms with Crippen LogP contribution in [0, 0.1) is 0 Å². The fraction of sp³-hybridized carbons (Fsp3) is 0.375. The Morgan fingerprint density at radius 3 is 2.38 bits per heavy atom. The first kappa shape index (κ1) is 24.4. The molecule has 7 nitrogen and oxygen atoms in total. The maximum absolute atomic E-state index is 13.7. The predicted octanol–water partition coefficient (Wildman–Crippen LogP) is 5.43. The van der Waals surface area contributed by atoms with E-state index in [0.717, 1.165) is 73.8 Å². The maximum atomic E-state index is 13.7. The molecule has 1 saturated heterocycles. The molecule has 0 aromatic heterocycles. The van der Waals surface area contributed by atoms with Crippen molar-refractivity contribution in [1.29, 1.82) is 0 Å². The number of likely N-dealkylation sites (tertiary alicyclic amines) is 1. The van der Waals surface area contributed by atoms with Gasteiger partial charge >= 0.3 is 0 Å². The number of aliphatic imine (C=N–C) groups is 1. The second kappa shape index (κ2) is 9.50. The second-order valence-electron chi connectivity index (χ2n) is 11.1. The Labute approximate surface area is 229 Å². The van der Waals surface area contributed by atoms with E-state index >= 15 is 0 Å². The average molecular weight is 523 g/mol. The highest BCUT2D eigenvalue weighted by atomic mass is 16.7. The topological polar surface area (TPSA) is 57.6 Å². The zero-order valence-corrected chi connectivity index (χ0v) is 22.6. The number of fused-ring (bicyclic) bond motifs is 3. The van der Waals surface area contributed by atoms with Crippen LogP contribution >= 0.6 is 0 Å². The number of carbonyl (C=O) groups excluding carboxylic acids is 1. The predicted molar refractivity (Wildman–Crippen MR) is 154 cm³/mol. The van der Waals surface area contributed by atoms with E-state index in [2.05, 4.69) is 41.1 Å². The van der Waals surface area contributed by atoms with Gasteiger partial charge in [-0.15, -0.1) is 0 Å². The van der Waals surface area contributed by atoms with Crippen LogP contribution in [0.3, 0.4) is 0 Å². The van der Waals surface area contributed by atoms with Crippen LogP contribution in [0.4, 0.5) is 11.4 Å². The molecule has 4 aliphatic rings. The van der Waals surface area contributed by atoms with Gasteiger partial charge in [-0.3, -0.25) is 4.79 Å². The van der Waals surface area contributed by atoms with Gasteiger partial charge in [-0.25, -0.2) is 14.9 Å². The molecule has 0 bridgehead atoms. The molecule has 39 heavy (non-hydrogen) atoms. The lowest BCUT2D eigenvalue weighted by Crippen LogP contribution is -2.43. The van der Waals surface area contributed by atoms with Crippen LogP contribution in [0.15, 0.2) is 65.7 Å². The van der Waals surface area contributed by atoms with E-state index in [-0.39, 0.29) is 17.6 Å². The van der Waals surface area contributed by atoms with Crippen molar-refractivity contribution in [2.75, 3.05) is 42.7 Å². The first-order chi connectivity index (χ1) is 19.0. The molecule has 0 aliphatic carbocycles. The van der Waals surface area contributed by atoms with Gasteiger partial charge in [-0.2, -0.15) is 0 Å². The molecule has 7 rings (SSSR count). The maximum Gasteiger partial charge on any atom is 0.258 e. The zero-order valence-electron chi connectivity index (χ0n) is 22.6. The monoisotopic (exact) mass is 522 g/mol. The van der Waals surface area contributed by atoms with E-state index < -0.39 is 0 Å². The minimum Gasteiger partial charge on any atom is -0.492 e. The Morgan fingerprint density at radius 1 is 1.00 bits per heavy atom. The number of anilines is 2. The van der Waals surface area contributed by atoms with Gasteiger partial charge in [0.2, 0.25) is 0 Å². The van der Waals surface area contributed by atoms with Gasteiger partial charge in [-0.05, 0) is 98.9 Å². The van der Waals surface area contributed by atoms with Crippen molar-refractivity contribution in [3.8, 4) is 16.9 Å². The number of hydrogen-bond donors (Lipinski definition) is 0. The van der Waals surface area contributed by atoms with E-state index in [4.69, 9.17) is 9.57 Å². The number of carbonyl (C=O) groups is 1. The van der Waals surface area contributed by atoms with Crippen LogP contribution in [0.1, 0.15) is 48.2 Å². The number of hydroxylamine groups is 1. The molecule has 200 valence electrons. The Hall–Kier alpha value is -3.68. The van der Waals surface area contributed by atoms with Crippen LogP contribution < -0.4 is 14.7 Å². The lowest BCUT2D eigenvalue weighted by molar-refractivity contribution is 0.0988. The molecule has 0 radical (unpaired) electrons. The lowest BCUT2D eigenvalue weighted by atomic mass is 9.74. The van der Waals surface area contributed by atoms with Gasteiger partial charge in [0.1, 0.15) is 12.1 Å². The summed E-state index contributed by atoms with van der Waals surface area (Å²) in [5.41, 5.74) is 7.45. The molecule has 0 N–H and O–H groups in total. The molecule has 3 aromatic rings. The van der Waals surface area contributed by atoms with Crippen LogP contribution in [0.25, 0.3) is 11.1 Å². The minimum atomic E-state index is -0.160. The SMILES string of the molecule is CCN1CCC2(CC1)COc1cc3c(cc12)N(C(=O)c1ccc(-c2ccc(N4C=NC(C)O4)cc2)cc1)CC3. The standard InChI is InChI=1S/C32H34N4O3/c1-3-34-16-13-32(14-17-34)20-38-30-18-26-12-15-35(29(26)19-28(30)32)31(37)25-6-4-23(5-7-25)24-8-10-27(11-9-24)36-21-33-22(2)39-36/h4-11,18-19,21-22H,3,12-17,20H2,1-2H3. The van der Waals surface area contributed by atoms with Crippen molar-refractivity contribution in [2.45, 2.75) is 44.8 Å². The first-order valence-corrected chi connectivity index (χ1v) is 14.1. The molecule has 0 saturated carbocycles. The van der Waals surface area contributed by atoms with Gasteiger partial charge in [0.15, 0.2) is 6.23 Å². The summed E-state index contributed by atoms with van der Waals surface area (Å²) < 4.78 is 6.22. The molecular weight excluding hydrogens is 488 g/mol. The van der Waals surface area contributed by atoms with Crippen LogP contribution in [-0.2, 0) is 16.7 Å². The van der Waals surface area contributed by atoms with Crippen molar-refractivity contribution < 1.29 is 14.4 Å². The molecule has 7 heteroatoms. The smallest absolute Gasteiger partial charge is 0.258 e. The Morgan fingerprint density at radius 2 is 1.72 bits per heavy atom. The second-order valence-corrected chi connectivity index (χ2v) is 11.1. The highest BCUT2D eigenvalue weighted by molar-refractivity contribution is 6.07. The van der Waals surface area contributed by atoms with Gasteiger partial charge < -0.3 is 14.5 Å². The molecule has 1 unspecified atom stereocenters. The lowest BCUT2D eigenvalue weighted by Gasteiger charge is -2.38. The van der Waals surface area contributed by atoms with Gasteiger partial charge in [-0.1, -0.05) is 31.2 Å².